The lowest BCUT2D eigenvalue weighted by Gasteiger charge is -2.38. The van der Waals surface area contributed by atoms with E-state index in [1.807, 2.05) is 23.1 Å². The molecule has 1 saturated heterocycles. The molecule has 0 spiro atoms. The van der Waals surface area contributed by atoms with Crippen molar-refractivity contribution in [1.82, 2.24) is 29.8 Å². The van der Waals surface area contributed by atoms with Gasteiger partial charge in [0.1, 0.15) is 11.9 Å². The summed E-state index contributed by atoms with van der Waals surface area (Å²) in [5.74, 6) is 0.995. The highest BCUT2D eigenvalue weighted by Gasteiger charge is 2.26. The number of anilines is 1. The van der Waals surface area contributed by atoms with E-state index in [9.17, 15) is 5.26 Å². The van der Waals surface area contributed by atoms with Crippen LogP contribution >= 0.6 is 0 Å². The predicted octanol–water partition coefficient (Wildman–Crippen LogP) is 5.48. The molecular formula is C34H40N8. The van der Waals surface area contributed by atoms with E-state index in [1.165, 1.54) is 17.6 Å². The molecule has 2 aliphatic rings. The van der Waals surface area contributed by atoms with Crippen LogP contribution in [0.3, 0.4) is 0 Å². The first kappa shape index (κ1) is 28.1. The van der Waals surface area contributed by atoms with Gasteiger partial charge in [0, 0.05) is 73.2 Å². The van der Waals surface area contributed by atoms with E-state index in [-0.39, 0.29) is 5.54 Å². The van der Waals surface area contributed by atoms with Crippen molar-refractivity contribution in [2.24, 2.45) is 0 Å². The van der Waals surface area contributed by atoms with Gasteiger partial charge < -0.3 is 10.2 Å². The Balaban J connectivity index is 1.23. The van der Waals surface area contributed by atoms with Crippen molar-refractivity contribution in [3.05, 3.63) is 83.6 Å². The number of nitrogens with one attached hydrogen (secondary N) is 1. The number of hydrogen-bond acceptors (Lipinski definition) is 7. The van der Waals surface area contributed by atoms with Crippen molar-refractivity contribution >= 4 is 16.9 Å². The summed E-state index contributed by atoms with van der Waals surface area (Å²) in [6.45, 7) is 10.3. The Kier molecular flexibility index (Phi) is 7.80. The highest BCUT2D eigenvalue weighted by molar-refractivity contribution is 5.87. The van der Waals surface area contributed by atoms with Gasteiger partial charge in [0.15, 0.2) is 0 Å². The molecule has 0 aliphatic carbocycles. The van der Waals surface area contributed by atoms with Gasteiger partial charge in [-0.05, 0) is 87.5 Å². The van der Waals surface area contributed by atoms with Gasteiger partial charge in [0.2, 0.25) is 0 Å². The minimum atomic E-state index is 0.0290. The molecule has 4 aromatic heterocycles. The molecule has 216 valence electrons. The first-order chi connectivity index (χ1) is 20.3. The molecule has 0 aromatic carbocycles. The molecule has 1 fully saturated rings. The topological polar surface area (TPSA) is 85.4 Å². The maximum atomic E-state index is 9.83. The minimum absolute atomic E-state index is 0.0290. The highest BCUT2D eigenvalue weighted by atomic mass is 15.2. The van der Waals surface area contributed by atoms with Crippen LogP contribution < -0.4 is 10.2 Å². The van der Waals surface area contributed by atoms with Crippen LogP contribution in [0.5, 0.6) is 0 Å². The van der Waals surface area contributed by atoms with Crippen molar-refractivity contribution in [1.29, 1.82) is 5.26 Å². The molecule has 6 heterocycles. The lowest BCUT2D eigenvalue weighted by Crippen LogP contribution is -2.46. The predicted molar refractivity (Wildman–Crippen MR) is 168 cm³/mol. The van der Waals surface area contributed by atoms with Crippen molar-refractivity contribution < 1.29 is 0 Å². The first-order valence-corrected chi connectivity index (χ1v) is 15.0. The Hall–Kier alpha value is -4.06. The third-order valence-electron chi connectivity index (χ3n) is 8.75. The van der Waals surface area contributed by atoms with Crippen LogP contribution in [0, 0.1) is 11.3 Å². The highest BCUT2D eigenvalue weighted by Crippen LogP contribution is 2.34. The lowest BCUT2D eigenvalue weighted by molar-refractivity contribution is 0.207. The SMILES string of the molecule is CCc1ccc(CN(C)C2CCCN(c3ccc(-c4cc(C5=CCNC(C)(C)C5)cn5ncc(C#N)c45)cn3)C2)cn1. The summed E-state index contributed by atoms with van der Waals surface area (Å²) in [5.41, 5.74) is 8.21. The smallest absolute Gasteiger partial charge is 0.128 e. The summed E-state index contributed by atoms with van der Waals surface area (Å²) in [4.78, 5) is 14.4. The van der Waals surface area contributed by atoms with E-state index < -0.39 is 0 Å². The van der Waals surface area contributed by atoms with Gasteiger partial charge in [-0.15, -0.1) is 0 Å². The maximum Gasteiger partial charge on any atom is 0.128 e. The average molecular weight is 561 g/mol. The minimum Gasteiger partial charge on any atom is -0.355 e. The van der Waals surface area contributed by atoms with E-state index in [2.05, 4.69) is 95.5 Å². The summed E-state index contributed by atoms with van der Waals surface area (Å²) in [5, 5.41) is 17.9. The lowest BCUT2D eigenvalue weighted by atomic mass is 9.87. The largest absolute Gasteiger partial charge is 0.355 e. The van der Waals surface area contributed by atoms with Gasteiger partial charge in [-0.2, -0.15) is 10.4 Å². The summed E-state index contributed by atoms with van der Waals surface area (Å²) in [6.07, 6.45) is 14.1. The second-order valence-electron chi connectivity index (χ2n) is 12.4. The zero-order valence-corrected chi connectivity index (χ0v) is 25.1. The summed E-state index contributed by atoms with van der Waals surface area (Å²) in [6, 6.07) is 13.6. The summed E-state index contributed by atoms with van der Waals surface area (Å²) in [7, 11) is 2.22. The fraction of sp³-hybridized carbons (Fsp3) is 0.412. The number of pyridine rings is 3. The maximum absolute atomic E-state index is 9.83. The fourth-order valence-electron chi connectivity index (χ4n) is 6.31. The number of nitriles is 1. The quantitative estimate of drug-likeness (QED) is 0.320. The first-order valence-electron chi connectivity index (χ1n) is 15.0. The van der Waals surface area contributed by atoms with Gasteiger partial charge in [0.05, 0.1) is 17.3 Å². The summed E-state index contributed by atoms with van der Waals surface area (Å²) < 4.78 is 1.85. The molecule has 8 heteroatoms. The Morgan fingerprint density at radius 1 is 1.12 bits per heavy atom. The Morgan fingerprint density at radius 2 is 2.00 bits per heavy atom. The van der Waals surface area contributed by atoms with Crippen LogP contribution in [0.4, 0.5) is 5.82 Å². The number of fused-ring (bicyclic) bond motifs is 1. The van der Waals surface area contributed by atoms with E-state index in [0.29, 0.717) is 11.6 Å². The van der Waals surface area contributed by atoms with Gasteiger partial charge in [-0.25, -0.2) is 9.50 Å². The van der Waals surface area contributed by atoms with Crippen molar-refractivity contribution in [2.45, 2.75) is 64.6 Å². The molecule has 0 saturated carbocycles. The van der Waals surface area contributed by atoms with Crippen LogP contribution in [-0.2, 0) is 13.0 Å². The number of aryl methyl sites for hydroxylation is 1. The number of likely N-dealkylation sites (N-methyl/N-ethyl adjacent to an activating group) is 1. The zero-order chi connectivity index (χ0) is 29.3. The standard InChI is InChI=1S/C34H40N8/c1-5-29-10-8-24(18-36-29)21-40(4)30-7-6-14-41(23-30)32-11-9-26(19-37-32)31-15-27(25-12-13-38-34(2,3)16-25)22-42-33(31)28(17-35)20-39-42/h8-12,15,18-20,22,30,38H,5-7,13-14,16,21,23H2,1-4H3. The monoisotopic (exact) mass is 560 g/mol. The van der Waals surface area contributed by atoms with Crippen LogP contribution in [0.15, 0.2) is 61.2 Å². The molecule has 1 N–H and O–H groups in total. The van der Waals surface area contributed by atoms with Crippen molar-refractivity contribution in [3.63, 3.8) is 0 Å². The van der Waals surface area contributed by atoms with E-state index in [1.54, 1.807) is 6.20 Å². The van der Waals surface area contributed by atoms with Crippen LogP contribution in [0.1, 0.15) is 62.4 Å². The van der Waals surface area contributed by atoms with Gasteiger partial charge in [-0.1, -0.05) is 19.1 Å². The molecule has 1 unspecified atom stereocenters. The molecule has 0 radical (unpaired) electrons. The molecular weight excluding hydrogens is 520 g/mol. The van der Waals surface area contributed by atoms with E-state index in [0.717, 1.165) is 79.2 Å². The molecule has 1 atom stereocenters. The third kappa shape index (κ3) is 5.80. The van der Waals surface area contributed by atoms with Gasteiger partial charge in [0.25, 0.3) is 0 Å². The summed E-state index contributed by atoms with van der Waals surface area (Å²) >= 11 is 0. The molecule has 8 nitrogen and oxygen atoms in total. The fourth-order valence-corrected chi connectivity index (χ4v) is 6.31. The van der Waals surface area contributed by atoms with Crippen molar-refractivity contribution in [3.8, 4) is 17.2 Å². The average Bonchev–Trinajstić information content (AvgIpc) is 3.44. The number of aromatic nitrogens is 4. The van der Waals surface area contributed by atoms with Crippen LogP contribution in [0.25, 0.3) is 22.2 Å². The van der Waals surface area contributed by atoms with Gasteiger partial charge >= 0.3 is 0 Å². The number of nitrogens with zero attached hydrogens (tertiary/aromatic N) is 7. The Morgan fingerprint density at radius 3 is 2.71 bits per heavy atom. The third-order valence-corrected chi connectivity index (χ3v) is 8.75. The molecule has 42 heavy (non-hydrogen) atoms. The molecule has 0 amide bonds. The van der Waals surface area contributed by atoms with E-state index >= 15 is 0 Å². The van der Waals surface area contributed by atoms with E-state index in [4.69, 9.17) is 4.98 Å². The number of rotatable bonds is 7. The Bertz CT molecular complexity index is 1630. The molecule has 2 aliphatic heterocycles. The second-order valence-corrected chi connectivity index (χ2v) is 12.4. The number of hydrogen-bond donors (Lipinski definition) is 1. The van der Waals surface area contributed by atoms with Crippen LogP contribution in [0.2, 0.25) is 0 Å². The molecule has 4 aromatic rings. The molecule has 6 rings (SSSR count). The van der Waals surface area contributed by atoms with Crippen LogP contribution in [-0.4, -0.2) is 62.7 Å². The second kappa shape index (κ2) is 11.7. The van der Waals surface area contributed by atoms with Gasteiger partial charge in [-0.3, -0.25) is 9.88 Å². The normalized spacial score (nSPS) is 18.7. The number of piperidine rings is 1. The zero-order valence-electron chi connectivity index (χ0n) is 25.1. The van der Waals surface area contributed by atoms with Crippen molar-refractivity contribution in [2.75, 3.05) is 31.6 Å². The Labute approximate surface area is 248 Å². The molecule has 0 bridgehead atoms.